The molecular weight excluding hydrogens is 288 g/mol. The van der Waals surface area contributed by atoms with E-state index in [4.69, 9.17) is 0 Å². The fourth-order valence-electron chi connectivity index (χ4n) is 3.33. The second kappa shape index (κ2) is 6.94. The Bertz CT molecular complexity index is 666. The average molecular weight is 312 g/mol. The lowest BCUT2D eigenvalue weighted by Crippen LogP contribution is -2.41. The number of amides is 1. The predicted molar refractivity (Wildman–Crippen MR) is 89.1 cm³/mol. The summed E-state index contributed by atoms with van der Waals surface area (Å²) in [7, 11) is 0. The summed E-state index contributed by atoms with van der Waals surface area (Å²) in [6, 6.07) is 6.71. The molecular formula is C18H24N4O. The van der Waals surface area contributed by atoms with E-state index >= 15 is 0 Å². The van der Waals surface area contributed by atoms with E-state index < -0.39 is 0 Å². The molecule has 5 nitrogen and oxygen atoms in total. The van der Waals surface area contributed by atoms with Crippen molar-refractivity contribution in [3.8, 4) is 0 Å². The van der Waals surface area contributed by atoms with Crippen molar-refractivity contribution in [1.29, 1.82) is 0 Å². The van der Waals surface area contributed by atoms with Crippen LogP contribution in [0.3, 0.4) is 0 Å². The van der Waals surface area contributed by atoms with Crippen LogP contribution in [0.1, 0.15) is 42.0 Å². The average Bonchev–Trinajstić information content (AvgIpc) is 3.08. The van der Waals surface area contributed by atoms with Crippen molar-refractivity contribution in [3.05, 3.63) is 47.5 Å². The lowest BCUT2D eigenvalue weighted by molar-refractivity contribution is -0.132. The Morgan fingerprint density at radius 3 is 2.96 bits per heavy atom. The van der Waals surface area contributed by atoms with Gasteiger partial charge in [0, 0.05) is 19.5 Å². The second-order valence-corrected chi connectivity index (χ2v) is 6.44. The summed E-state index contributed by atoms with van der Waals surface area (Å²) < 4.78 is 1.88. The highest BCUT2D eigenvalue weighted by Gasteiger charge is 2.24. The maximum Gasteiger partial charge on any atom is 0.222 e. The van der Waals surface area contributed by atoms with Gasteiger partial charge in [0.15, 0.2) is 0 Å². The van der Waals surface area contributed by atoms with Gasteiger partial charge in [-0.1, -0.05) is 23.8 Å². The van der Waals surface area contributed by atoms with Crippen LogP contribution in [0.15, 0.2) is 30.9 Å². The van der Waals surface area contributed by atoms with Crippen molar-refractivity contribution >= 4 is 5.91 Å². The molecule has 2 heterocycles. The van der Waals surface area contributed by atoms with Crippen LogP contribution in [-0.2, 0) is 11.2 Å². The Hall–Kier alpha value is -2.17. The van der Waals surface area contributed by atoms with Crippen molar-refractivity contribution in [1.82, 2.24) is 19.7 Å². The number of aromatic nitrogens is 3. The summed E-state index contributed by atoms with van der Waals surface area (Å²) in [5.74, 6) is 0.245. The standard InChI is InChI=1S/C18H24N4O/c1-14-5-6-16(15(2)10-14)7-8-18(23)21-9-3-4-17(11-21)22-13-19-12-20-22/h5-6,10,12-13,17H,3-4,7-9,11H2,1-2H3/t17-/m1/s1. The van der Waals surface area contributed by atoms with Gasteiger partial charge in [-0.25, -0.2) is 9.67 Å². The van der Waals surface area contributed by atoms with Crippen molar-refractivity contribution in [2.45, 2.75) is 45.6 Å². The minimum Gasteiger partial charge on any atom is -0.341 e. The van der Waals surface area contributed by atoms with E-state index in [1.807, 2.05) is 9.58 Å². The minimum atomic E-state index is 0.245. The molecule has 0 aliphatic carbocycles. The molecule has 23 heavy (non-hydrogen) atoms. The smallest absolute Gasteiger partial charge is 0.222 e. The van der Waals surface area contributed by atoms with Crippen LogP contribution < -0.4 is 0 Å². The summed E-state index contributed by atoms with van der Waals surface area (Å²) in [5.41, 5.74) is 3.81. The third-order valence-corrected chi connectivity index (χ3v) is 4.67. The third-order valence-electron chi connectivity index (χ3n) is 4.67. The quantitative estimate of drug-likeness (QED) is 0.872. The second-order valence-electron chi connectivity index (χ2n) is 6.44. The minimum absolute atomic E-state index is 0.245. The Kier molecular flexibility index (Phi) is 4.74. The van der Waals surface area contributed by atoms with Crippen LogP contribution in [-0.4, -0.2) is 38.7 Å². The lowest BCUT2D eigenvalue weighted by Gasteiger charge is -2.32. The van der Waals surface area contributed by atoms with E-state index in [0.717, 1.165) is 32.4 Å². The third kappa shape index (κ3) is 3.78. The number of piperidine rings is 1. The molecule has 1 aliphatic rings. The Morgan fingerprint density at radius 2 is 2.22 bits per heavy atom. The summed E-state index contributed by atoms with van der Waals surface area (Å²) in [6.07, 6.45) is 6.78. The van der Waals surface area contributed by atoms with E-state index in [1.165, 1.54) is 16.7 Å². The zero-order valence-corrected chi connectivity index (χ0v) is 13.9. The van der Waals surface area contributed by atoms with E-state index in [0.29, 0.717) is 6.42 Å². The highest BCUT2D eigenvalue weighted by atomic mass is 16.2. The predicted octanol–water partition coefficient (Wildman–Crippen LogP) is 2.69. The first-order chi connectivity index (χ1) is 11.1. The fraction of sp³-hybridized carbons (Fsp3) is 0.500. The van der Waals surface area contributed by atoms with Gasteiger partial charge in [-0.05, 0) is 44.2 Å². The summed E-state index contributed by atoms with van der Waals surface area (Å²) >= 11 is 0. The molecule has 1 amide bonds. The van der Waals surface area contributed by atoms with Gasteiger partial charge in [0.05, 0.1) is 6.04 Å². The molecule has 3 rings (SSSR count). The SMILES string of the molecule is Cc1ccc(CCC(=O)N2CCC[C@@H](n3cncn3)C2)c(C)c1. The molecule has 0 unspecified atom stereocenters. The van der Waals surface area contributed by atoms with E-state index in [-0.39, 0.29) is 11.9 Å². The maximum atomic E-state index is 12.5. The molecule has 1 fully saturated rings. The zero-order valence-electron chi connectivity index (χ0n) is 13.9. The first-order valence-electron chi connectivity index (χ1n) is 8.31. The van der Waals surface area contributed by atoms with Gasteiger partial charge in [-0.2, -0.15) is 5.10 Å². The number of hydrogen-bond donors (Lipinski definition) is 0. The number of aryl methyl sites for hydroxylation is 3. The van der Waals surface area contributed by atoms with Crippen LogP contribution in [0.5, 0.6) is 0 Å². The van der Waals surface area contributed by atoms with Gasteiger partial charge in [0.1, 0.15) is 12.7 Å². The molecule has 0 saturated carbocycles. The molecule has 1 aromatic carbocycles. The number of nitrogens with zero attached hydrogens (tertiary/aromatic N) is 4. The highest BCUT2D eigenvalue weighted by molar-refractivity contribution is 5.76. The maximum absolute atomic E-state index is 12.5. The number of rotatable bonds is 4. The summed E-state index contributed by atoms with van der Waals surface area (Å²) in [6.45, 7) is 5.82. The van der Waals surface area contributed by atoms with Crippen molar-refractivity contribution in [2.24, 2.45) is 0 Å². The van der Waals surface area contributed by atoms with Crippen molar-refractivity contribution < 1.29 is 4.79 Å². The Morgan fingerprint density at radius 1 is 1.35 bits per heavy atom. The normalized spacial score (nSPS) is 18.2. The topological polar surface area (TPSA) is 51.0 Å². The van der Waals surface area contributed by atoms with Gasteiger partial charge in [0.25, 0.3) is 0 Å². The number of benzene rings is 1. The fourth-order valence-corrected chi connectivity index (χ4v) is 3.33. The van der Waals surface area contributed by atoms with Crippen molar-refractivity contribution in [3.63, 3.8) is 0 Å². The molecule has 0 N–H and O–H groups in total. The van der Waals surface area contributed by atoms with Crippen LogP contribution in [0, 0.1) is 13.8 Å². The summed E-state index contributed by atoms with van der Waals surface area (Å²) in [4.78, 5) is 18.5. The molecule has 0 spiro atoms. The van der Waals surface area contributed by atoms with Gasteiger partial charge in [-0.15, -0.1) is 0 Å². The number of carbonyl (C=O) groups is 1. The first-order valence-corrected chi connectivity index (χ1v) is 8.31. The first kappa shape index (κ1) is 15.7. The van der Waals surface area contributed by atoms with Crippen LogP contribution >= 0.6 is 0 Å². The van der Waals surface area contributed by atoms with E-state index in [9.17, 15) is 4.79 Å². The lowest BCUT2D eigenvalue weighted by atomic mass is 10.0. The van der Waals surface area contributed by atoms with Gasteiger partial charge in [0.2, 0.25) is 5.91 Å². The molecule has 1 aromatic heterocycles. The molecule has 0 radical (unpaired) electrons. The Labute approximate surface area is 137 Å². The number of likely N-dealkylation sites (tertiary alicyclic amines) is 1. The summed E-state index contributed by atoms with van der Waals surface area (Å²) in [5, 5.41) is 4.21. The van der Waals surface area contributed by atoms with Gasteiger partial charge >= 0.3 is 0 Å². The molecule has 1 aliphatic heterocycles. The molecule has 2 aromatic rings. The van der Waals surface area contributed by atoms with E-state index in [2.05, 4.69) is 42.1 Å². The largest absolute Gasteiger partial charge is 0.341 e. The molecule has 1 atom stereocenters. The molecule has 1 saturated heterocycles. The number of carbonyl (C=O) groups excluding carboxylic acids is 1. The van der Waals surface area contributed by atoms with Crippen LogP contribution in [0.4, 0.5) is 0 Å². The van der Waals surface area contributed by atoms with Crippen LogP contribution in [0.25, 0.3) is 0 Å². The molecule has 5 heteroatoms. The molecule has 0 bridgehead atoms. The van der Waals surface area contributed by atoms with Crippen LogP contribution in [0.2, 0.25) is 0 Å². The monoisotopic (exact) mass is 312 g/mol. The highest BCUT2D eigenvalue weighted by Crippen LogP contribution is 2.21. The number of hydrogen-bond acceptors (Lipinski definition) is 3. The van der Waals surface area contributed by atoms with E-state index in [1.54, 1.807) is 12.7 Å². The molecule has 122 valence electrons. The van der Waals surface area contributed by atoms with Crippen molar-refractivity contribution in [2.75, 3.05) is 13.1 Å². The van der Waals surface area contributed by atoms with Gasteiger partial charge < -0.3 is 4.90 Å². The van der Waals surface area contributed by atoms with Gasteiger partial charge in [-0.3, -0.25) is 4.79 Å². The Balaban J connectivity index is 1.57. The zero-order chi connectivity index (χ0) is 16.2.